The standard InChI is InChI=1S/C17H12ClF3N2O2/c1-25-16(24)14-4-2-3-12(22-14)9-23-6-5-10-7-11(17(19,20)21)8-13(18)15(10)23/h2-8H,9H2,1H3. The summed E-state index contributed by atoms with van der Waals surface area (Å²) in [5.41, 5.74) is 0.381. The zero-order valence-electron chi connectivity index (χ0n) is 13.0. The van der Waals surface area contributed by atoms with Crippen LogP contribution in [0.3, 0.4) is 0 Å². The van der Waals surface area contributed by atoms with Crippen LogP contribution in [0.25, 0.3) is 10.9 Å². The van der Waals surface area contributed by atoms with E-state index >= 15 is 0 Å². The second-order valence-corrected chi connectivity index (χ2v) is 5.75. The van der Waals surface area contributed by atoms with Gasteiger partial charge in [0.2, 0.25) is 0 Å². The summed E-state index contributed by atoms with van der Waals surface area (Å²) in [6, 6.07) is 8.39. The predicted octanol–water partition coefficient (Wildman–Crippen LogP) is 4.54. The minimum atomic E-state index is -4.46. The van der Waals surface area contributed by atoms with E-state index in [2.05, 4.69) is 9.72 Å². The molecule has 0 fully saturated rings. The first-order chi connectivity index (χ1) is 11.8. The van der Waals surface area contributed by atoms with Gasteiger partial charge >= 0.3 is 12.1 Å². The molecule has 0 unspecified atom stereocenters. The molecule has 0 atom stereocenters. The number of esters is 1. The Morgan fingerprint density at radius 3 is 2.72 bits per heavy atom. The number of fused-ring (bicyclic) bond motifs is 1. The number of methoxy groups -OCH3 is 1. The van der Waals surface area contributed by atoms with Gasteiger partial charge in [0.15, 0.2) is 0 Å². The lowest BCUT2D eigenvalue weighted by Gasteiger charge is -2.10. The van der Waals surface area contributed by atoms with Crippen LogP contribution in [0, 0.1) is 0 Å². The molecule has 0 bridgehead atoms. The second-order valence-electron chi connectivity index (χ2n) is 5.34. The third-order valence-corrected chi connectivity index (χ3v) is 3.96. The number of benzene rings is 1. The number of alkyl halides is 3. The van der Waals surface area contributed by atoms with Crippen molar-refractivity contribution in [3.05, 3.63) is 64.6 Å². The second kappa shape index (κ2) is 6.40. The monoisotopic (exact) mass is 368 g/mol. The number of rotatable bonds is 3. The normalized spacial score (nSPS) is 11.7. The molecule has 3 rings (SSSR count). The van der Waals surface area contributed by atoms with Gasteiger partial charge in [-0.25, -0.2) is 9.78 Å². The van der Waals surface area contributed by atoms with Gasteiger partial charge in [0.05, 0.1) is 35.5 Å². The number of hydrogen-bond donors (Lipinski definition) is 0. The van der Waals surface area contributed by atoms with E-state index in [9.17, 15) is 18.0 Å². The number of aromatic nitrogens is 2. The summed E-state index contributed by atoms with van der Waals surface area (Å²) in [6.45, 7) is 0.249. The molecule has 2 heterocycles. The first-order valence-electron chi connectivity index (χ1n) is 7.19. The molecule has 2 aromatic heterocycles. The van der Waals surface area contributed by atoms with Gasteiger partial charge in [0.25, 0.3) is 0 Å². The van der Waals surface area contributed by atoms with E-state index in [0.29, 0.717) is 16.6 Å². The van der Waals surface area contributed by atoms with Crippen LogP contribution in [-0.2, 0) is 17.5 Å². The number of carbonyl (C=O) groups excluding carboxylic acids is 1. The zero-order chi connectivity index (χ0) is 18.2. The molecule has 0 spiro atoms. The molecule has 1 aromatic carbocycles. The zero-order valence-corrected chi connectivity index (χ0v) is 13.7. The fourth-order valence-corrected chi connectivity index (χ4v) is 2.89. The predicted molar refractivity (Wildman–Crippen MR) is 86.6 cm³/mol. The molecule has 4 nitrogen and oxygen atoms in total. The largest absolute Gasteiger partial charge is 0.464 e. The highest BCUT2D eigenvalue weighted by Crippen LogP contribution is 2.35. The number of carbonyl (C=O) groups is 1. The van der Waals surface area contributed by atoms with Crippen molar-refractivity contribution in [2.75, 3.05) is 7.11 Å². The molecule has 0 N–H and O–H groups in total. The molecule has 130 valence electrons. The van der Waals surface area contributed by atoms with Crippen molar-refractivity contribution in [1.29, 1.82) is 0 Å². The Morgan fingerprint density at radius 1 is 1.28 bits per heavy atom. The van der Waals surface area contributed by atoms with Crippen molar-refractivity contribution in [2.24, 2.45) is 0 Å². The molecule has 0 saturated heterocycles. The molecule has 0 amide bonds. The maximum atomic E-state index is 12.9. The third-order valence-electron chi connectivity index (χ3n) is 3.68. The minimum Gasteiger partial charge on any atom is -0.464 e. The number of nitrogens with zero attached hydrogens (tertiary/aromatic N) is 2. The molecule has 25 heavy (non-hydrogen) atoms. The van der Waals surface area contributed by atoms with Crippen LogP contribution in [-0.4, -0.2) is 22.6 Å². The Bertz CT molecular complexity index is 951. The average Bonchev–Trinajstić information content (AvgIpc) is 2.97. The van der Waals surface area contributed by atoms with E-state index in [1.54, 1.807) is 29.0 Å². The van der Waals surface area contributed by atoms with Crippen molar-refractivity contribution in [1.82, 2.24) is 9.55 Å². The molecule has 0 aliphatic heterocycles. The minimum absolute atomic E-state index is 0.000975. The Balaban J connectivity index is 1.99. The summed E-state index contributed by atoms with van der Waals surface area (Å²) >= 11 is 6.07. The van der Waals surface area contributed by atoms with Crippen molar-refractivity contribution >= 4 is 28.5 Å². The van der Waals surface area contributed by atoms with Gasteiger partial charge in [0.1, 0.15) is 5.69 Å². The van der Waals surface area contributed by atoms with Gasteiger partial charge in [-0.2, -0.15) is 13.2 Å². The third kappa shape index (κ3) is 3.46. The maximum Gasteiger partial charge on any atom is 0.416 e. The molecule has 8 heteroatoms. The maximum absolute atomic E-state index is 12.9. The first-order valence-corrected chi connectivity index (χ1v) is 7.57. The van der Waals surface area contributed by atoms with Gasteiger partial charge < -0.3 is 9.30 Å². The lowest BCUT2D eigenvalue weighted by molar-refractivity contribution is -0.137. The van der Waals surface area contributed by atoms with Crippen LogP contribution in [0.2, 0.25) is 5.02 Å². The highest BCUT2D eigenvalue weighted by Gasteiger charge is 2.31. The molecule has 3 aromatic rings. The van der Waals surface area contributed by atoms with Gasteiger partial charge in [0, 0.05) is 11.6 Å². The van der Waals surface area contributed by atoms with Gasteiger partial charge in [-0.3, -0.25) is 0 Å². The van der Waals surface area contributed by atoms with E-state index in [1.165, 1.54) is 13.2 Å². The molecule has 0 aliphatic rings. The lowest BCUT2D eigenvalue weighted by atomic mass is 10.1. The fraction of sp³-hybridized carbons (Fsp3) is 0.176. The summed E-state index contributed by atoms with van der Waals surface area (Å²) in [4.78, 5) is 15.7. The van der Waals surface area contributed by atoms with Crippen LogP contribution in [0.15, 0.2) is 42.6 Å². The van der Waals surface area contributed by atoms with Crippen LogP contribution >= 0.6 is 11.6 Å². The van der Waals surface area contributed by atoms with Crippen LogP contribution in [0.1, 0.15) is 21.7 Å². The summed E-state index contributed by atoms with van der Waals surface area (Å²) in [5, 5.41) is 0.378. The Labute approximate surface area is 145 Å². The highest BCUT2D eigenvalue weighted by atomic mass is 35.5. The SMILES string of the molecule is COC(=O)c1cccc(Cn2ccc3cc(C(F)(F)F)cc(Cl)c32)n1. The Hall–Kier alpha value is -2.54. The molecule has 0 aliphatic carbocycles. The fourth-order valence-electron chi connectivity index (χ4n) is 2.55. The molecular weight excluding hydrogens is 357 g/mol. The van der Waals surface area contributed by atoms with Crippen molar-refractivity contribution in [3.8, 4) is 0 Å². The van der Waals surface area contributed by atoms with Gasteiger partial charge in [-0.1, -0.05) is 17.7 Å². The Morgan fingerprint density at radius 2 is 2.04 bits per heavy atom. The van der Waals surface area contributed by atoms with Gasteiger partial charge in [-0.05, 0) is 30.3 Å². The summed E-state index contributed by atoms with van der Waals surface area (Å²) in [6.07, 6.45) is -2.83. The first kappa shape index (κ1) is 17.3. The van der Waals surface area contributed by atoms with Crippen LogP contribution in [0.4, 0.5) is 13.2 Å². The molecule has 0 saturated carbocycles. The van der Waals surface area contributed by atoms with Crippen LogP contribution in [0.5, 0.6) is 0 Å². The lowest BCUT2D eigenvalue weighted by Crippen LogP contribution is -2.08. The average molecular weight is 369 g/mol. The Kier molecular flexibility index (Phi) is 4.43. The van der Waals surface area contributed by atoms with E-state index in [-0.39, 0.29) is 17.3 Å². The van der Waals surface area contributed by atoms with E-state index in [4.69, 9.17) is 11.6 Å². The van der Waals surface area contributed by atoms with E-state index < -0.39 is 17.7 Å². The quantitative estimate of drug-likeness (QED) is 0.637. The number of hydrogen-bond acceptors (Lipinski definition) is 3. The molecular formula is C17H12ClF3N2O2. The number of halogens is 4. The van der Waals surface area contributed by atoms with Crippen molar-refractivity contribution in [3.63, 3.8) is 0 Å². The van der Waals surface area contributed by atoms with Crippen LogP contribution < -0.4 is 0 Å². The van der Waals surface area contributed by atoms with Crippen molar-refractivity contribution in [2.45, 2.75) is 12.7 Å². The van der Waals surface area contributed by atoms with E-state index in [0.717, 1.165) is 12.1 Å². The number of pyridine rings is 1. The smallest absolute Gasteiger partial charge is 0.416 e. The summed E-state index contributed by atoms with van der Waals surface area (Å²) in [5.74, 6) is -0.563. The number of ether oxygens (including phenoxy) is 1. The summed E-state index contributed by atoms with van der Waals surface area (Å²) in [7, 11) is 1.26. The summed E-state index contributed by atoms with van der Waals surface area (Å²) < 4.78 is 45.0. The highest BCUT2D eigenvalue weighted by molar-refractivity contribution is 6.35. The van der Waals surface area contributed by atoms with Crippen molar-refractivity contribution < 1.29 is 22.7 Å². The topological polar surface area (TPSA) is 44.1 Å². The molecule has 0 radical (unpaired) electrons. The van der Waals surface area contributed by atoms with Gasteiger partial charge in [-0.15, -0.1) is 0 Å². The van der Waals surface area contributed by atoms with E-state index in [1.807, 2.05) is 0 Å².